The Morgan fingerprint density at radius 1 is 1.16 bits per heavy atom. The molecule has 11 heteroatoms. The van der Waals surface area contributed by atoms with Gasteiger partial charge in [0.05, 0.1) is 23.8 Å². The van der Waals surface area contributed by atoms with E-state index in [1.54, 1.807) is 6.07 Å². The van der Waals surface area contributed by atoms with Gasteiger partial charge < -0.3 is 19.3 Å². The fraction of sp³-hybridized carbons (Fsp3) is 0.444. The molecule has 7 nitrogen and oxygen atoms in total. The molecule has 6 rings (SSSR count). The van der Waals surface area contributed by atoms with Crippen molar-refractivity contribution in [3.63, 3.8) is 0 Å². The molecular formula is C27H25F4N3O4. The van der Waals surface area contributed by atoms with Crippen molar-refractivity contribution in [2.45, 2.75) is 50.5 Å². The highest BCUT2D eigenvalue weighted by Gasteiger charge is 2.43. The molecular weight excluding hydrogens is 506 g/mol. The van der Waals surface area contributed by atoms with Gasteiger partial charge in [-0.2, -0.15) is 13.2 Å². The molecule has 3 heterocycles. The summed E-state index contributed by atoms with van der Waals surface area (Å²) in [6.07, 6.45) is -0.181. The Labute approximate surface area is 215 Å². The van der Waals surface area contributed by atoms with Crippen molar-refractivity contribution < 1.29 is 36.7 Å². The van der Waals surface area contributed by atoms with E-state index in [1.165, 1.54) is 12.1 Å². The maximum Gasteiger partial charge on any atom is 0.417 e. The first-order chi connectivity index (χ1) is 18.2. The normalized spacial score (nSPS) is 23.2. The van der Waals surface area contributed by atoms with Crippen LogP contribution in [0.15, 0.2) is 41.1 Å². The lowest BCUT2D eigenvalue weighted by atomic mass is 9.99. The van der Waals surface area contributed by atoms with Crippen molar-refractivity contribution in [1.29, 1.82) is 0 Å². The number of hydrogen-bond donors (Lipinski definition) is 1. The van der Waals surface area contributed by atoms with Crippen molar-refractivity contribution in [2.75, 3.05) is 18.0 Å². The summed E-state index contributed by atoms with van der Waals surface area (Å²) in [5, 5.41) is 13.1. The molecule has 2 aromatic heterocycles. The zero-order valence-corrected chi connectivity index (χ0v) is 20.2. The molecule has 0 spiro atoms. The molecule has 3 fully saturated rings. The molecule has 1 saturated heterocycles. The van der Waals surface area contributed by atoms with E-state index in [0.29, 0.717) is 24.4 Å². The third-order valence-electron chi connectivity index (χ3n) is 7.79. The Bertz CT molecular complexity index is 1360. The molecule has 1 N–H and O–H groups in total. The molecule has 3 aromatic rings. The van der Waals surface area contributed by atoms with Gasteiger partial charge >= 0.3 is 12.1 Å². The topological polar surface area (TPSA) is 88.7 Å². The lowest BCUT2D eigenvalue weighted by Gasteiger charge is -2.21. The molecule has 1 unspecified atom stereocenters. The van der Waals surface area contributed by atoms with E-state index < -0.39 is 23.5 Å². The van der Waals surface area contributed by atoms with Crippen LogP contribution >= 0.6 is 0 Å². The minimum Gasteiger partial charge on any atom is -0.478 e. The molecule has 3 aliphatic rings. The predicted molar refractivity (Wildman–Crippen MR) is 127 cm³/mol. The van der Waals surface area contributed by atoms with E-state index in [9.17, 15) is 22.4 Å². The number of carboxylic acids is 1. The number of nitrogens with zero attached hydrogens (tertiary/aromatic N) is 3. The number of aromatic nitrogens is 2. The summed E-state index contributed by atoms with van der Waals surface area (Å²) in [5.41, 5.74) is -0.222. The van der Waals surface area contributed by atoms with E-state index in [0.717, 1.165) is 44.0 Å². The first-order valence-corrected chi connectivity index (χ1v) is 12.6. The number of aromatic carboxylic acids is 1. The number of rotatable bonds is 7. The van der Waals surface area contributed by atoms with Crippen molar-refractivity contribution in [3.05, 3.63) is 64.8 Å². The van der Waals surface area contributed by atoms with Gasteiger partial charge in [-0.25, -0.2) is 14.2 Å². The lowest BCUT2D eigenvalue weighted by Crippen LogP contribution is -2.25. The van der Waals surface area contributed by atoms with Gasteiger partial charge in [-0.1, -0.05) is 23.4 Å². The van der Waals surface area contributed by atoms with Gasteiger partial charge in [0.15, 0.2) is 11.6 Å². The van der Waals surface area contributed by atoms with Crippen LogP contribution in [0.5, 0.6) is 0 Å². The number of hydrogen-bond acceptors (Lipinski definition) is 6. The Balaban J connectivity index is 1.15. The smallest absolute Gasteiger partial charge is 0.417 e. The molecule has 2 saturated carbocycles. The minimum atomic E-state index is -4.52. The van der Waals surface area contributed by atoms with Crippen LogP contribution in [0.25, 0.3) is 11.3 Å². The SMILES string of the molecule is O=C(O)c1cnc(N2C[C@H]3CC(OCc4c(-c5ccccc5C(F)(F)F)noc4C4CC4)C[C@H]3C2)c(F)c1. The summed E-state index contributed by atoms with van der Waals surface area (Å²) in [5.74, 6) is -0.499. The van der Waals surface area contributed by atoms with Crippen LogP contribution in [0.1, 0.15) is 58.8 Å². The number of carboxylic acid groups (broad SMARTS) is 1. The van der Waals surface area contributed by atoms with Crippen LogP contribution < -0.4 is 4.90 Å². The van der Waals surface area contributed by atoms with E-state index >= 15 is 0 Å². The quantitative estimate of drug-likeness (QED) is 0.380. The average Bonchev–Trinajstić information content (AvgIpc) is 3.34. The average molecular weight is 532 g/mol. The number of ether oxygens (including phenoxy) is 1. The molecule has 200 valence electrons. The van der Waals surface area contributed by atoms with E-state index in [-0.39, 0.29) is 53.1 Å². The van der Waals surface area contributed by atoms with Crippen LogP contribution in [-0.4, -0.2) is 40.4 Å². The highest BCUT2D eigenvalue weighted by Crippen LogP contribution is 2.47. The Morgan fingerprint density at radius 2 is 1.87 bits per heavy atom. The van der Waals surface area contributed by atoms with Crippen molar-refractivity contribution >= 4 is 11.8 Å². The second-order valence-corrected chi connectivity index (χ2v) is 10.4. The van der Waals surface area contributed by atoms with Gasteiger partial charge in [-0.05, 0) is 49.7 Å². The number of pyridine rings is 1. The number of fused-ring (bicyclic) bond motifs is 1. The summed E-state index contributed by atoms with van der Waals surface area (Å²) in [6, 6.07) is 6.34. The van der Waals surface area contributed by atoms with E-state index in [1.807, 2.05) is 4.90 Å². The third-order valence-corrected chi connectivity index (χ3v) is 7.79. The van der Waals surface area contributed by atoms with Gasteiger partial charge in [0, 0.05) is 36.3 Å². The van der Waals surface area contributed by atoms with Gasteiger partial charge in [0.25, 0.3) is 0 Å². The number of benzene rings is 1. The number of alkyl halides is 3. The summed E-state index contributed by atoms with van der Waals surface area (Å²) in [4.78, 5) is 16.9. The van der Waals surface area contributed by atoms with E-state index in [4.69, 9.17) is 14.4 Å². The molecule has 1 aromatic carbocycles. The van der Waals surface area contributed by atoms with E-state index in [2.05, 4.69) is 10.1 Å². The van der Waals surface area contributed by atoms with Gasteiger partial charge in [0.1, 0.15) is 11.5 Å². The summed E-state index contributed by atoms with van der Waals surface area (Å²) in [6.45, 7) is 1.26. The van der Waals surface area contributed by atoms with Crippen LogP contribution in [-0.2, 0) is 17.5 Å². The highest BCUT2D eigenvalue weighted by molar-refractivity contribution is 5.87. The zero-order valence-electron chi connectivity index (χ0n) is 20.2. The second-order valence-electron chi connectivity index (χ2n) is 10.4. The maximum atomic E-state index is 14.5. The molecule has 0 amide bonds. The minimum absolute atomic E-state index is 0.0170. The first-order valence-electron chi connectivity index (χ1n) is 12.6. The van der Waals surface area contributed by atoms with Crippen LogP contribution in [0, 0.1) is 17.7 Å². The number of carbonyl (C=O) groups is 1. The van der Waals surface area contributed by atoms with Crippen molar-refractivity contribution in [3.8, 4) is 11.3 Å². The summed E-state index contributed by atoms with van der Waals surface area (Å²) < 4.78 is 67.4. The highest BCUT2D eigenvalue weighted by atomic mass is 19.4. The van der Waals surface area contributed by atoms with Crippen molar-refractivity contribution in [2.24, 2.45) is 11.8 Å². The van der Waals surface area contributed by atoms with Gasteiger partial charge in [-0.15, -0.1) is 0 Å². The molecule has 0 bridgehead atoms. The molecule has 2 aliphatic carbocycles. The lowest BCUT2D eigenvalue weighted by molar-refractivity contribution is -0.137. The number of anilines is 1. The Hall–Kier alpha value is -3.47. The van der Waals surface area contributed by atoms with Crippen LogP contribution in [0.3, 0.4) is 0 Å². The zero-order chi connectivity index (χ0) is 26.6. The molecule has 3 atom stereocenters. The monoisotopic (exact) mass is 531 g/mol. The van der Waals surface area contributed by atoms with Crippen LogP contribution in [0.2, 0.25) is 0 Å². The summed E-state index contributed by atoms with van der Waals surface area (Å²) in [7, 11) is 0. The fourth-order valence-corrected chi connectivity index (χ4v) is 5.81. The van der Waals surface area contributed by atoms with Crippen molar-refractivity contribution in [1.82, 2.24) is 10.1 Å². The summed E-state index contributed by atoms with van der Waals surface area (Å²) >= 11 is 0. The first kappa shape index (κ1) is 24.8. The predicted octanol–water partition coefficient (Wildman–Crippen LogP) is 5.90. The standard InChI is InChI=1S/C27H25F4N3O4/c28-22-9-15(26(35)36)10-32-25(22)34-11-16-7-18(8-17(16)12-34)37-13-20-23(33-38-24(20)14-5-6-14)19-3-1-2-4-21(19)27(29,30)31/h1-4,9-10,14,16-18H,5-8,11-13H2,(H,35,36)/t16-,17+,18?. The Morgan fingerprint density at radius 3 is 2.50 bits per heavy atom. The number of halogens is 4. The Kier molecular flexibility index (Phi) is 6.13. The van der Waals surface area contributed by atoms with Gasteiger partial charge in [-0.3, -0.25) is 0 Å². The molecule has 0 radical (unpaired) electrons. The molecule has 1 aliphatic heterocycles. The third kappa shape index (κ3) is 4.63. The maximum absolute atomic E-state index is 14.5. The second kappa shape index (κ2) is 9.37. The largest absolute Gasteiger partial charge is 0.478 e. The van der Waals surface area contributed by atoms with Crippen LogP contribution in [0.4, 0.5) is 23.4 Å². The molecule has 38 heavy (non-hydrogen) atoms. The van der Waals surface area contributed by atoms with Gasteiger partial charge in [0.2, 0.25) is 0 Å². The fourth-order valence-electron chi connectivity index (χ4n) is 5.81.